The van der Waals surface area contributed by atoms with Crippen molar-refractivity contribution in [1.82, 2.24) is 0 Å². The summed E-state index contributed by atoms with van der Waals surface area (Å²) < 4.78 is 43.2. The Morgan fingerprint density at radius 3 is 2.39 bits per heavy atom. The molecule has 0 radical (unpaired) electrons. The molecule has 0 aliphatic rings. The standard InChI is InChI=1S/C24H17BrCl2FNO3S/c1-13-2-6-17(7-3-13)33(31,32)29-21-11-14-10-15(26)4-8-18(14)23(25)22(21)24(30)19-12-16(28)5-9-20(19)27/h2-12,24,29-30H,1H3. The molecular formula is C24H17BrCl2FNO3S. The van der Waals surface area contributed by atoms with Gasteiger partial charge in [0.05, 0.1) is 10.6 Å². The number of aliphatic hydroxyl groups is 1. The molecule has 170 valence electrons. The summed E-state index contributed by atoms with van der Waals surface area (Å²) in [5.74, 6) is -0.584. The Morgan fingerprint density at radius 1 is 1.00 bits per heavy atom. The van der Waals surface area contributed by atoms with Crippen LogP contribution in [0.5, 0.6) is 0 Å². The SMILES string of the molecule is Cc1ccc(S(=O)(=O)Nc2cc3cc(Cl)ccc3c(Br)c2C(O)c2cc(F)ccc2Cl)cc1. The summed E-state index contributed by atoms with van der Waals surface area (Å²) in [5.41, 5.74) is 1.30. The Bertz CT molecular complexity index is 1480. The molecule has 0 heterocycles. The predicted molar refractivity (Wildman–Crippen MR) is 134 cm³/mol. The molecule has 0 aliphatic carbocycles. The number of rotatable bonds is 5. The quantitative estimate of drug-likeness (QED) is 0.267. The summed E-state index contributed by atoms with van der Waals surface area (Å²) in [6.07, 6.45) is -1.43. The minimum Gasteiger partial charge on any atom is -0.383 e. The highest BCUT2D eigenvalue weighted by atomic mass is 79.9. The monoisotopic (exact) mass is 567 g/mol. The molecule has 1 atom stereocenters. The van der Waals surface area contributed by atoms with E-state index in [0.29, 0.717) is 20.3 Å². The number of fused-ring (bicyclic) bond motifs is 1. The molecule has 2 N–H and O–H groups in total. The Hall–Kier alpha value is -2.16. The molecule has 4 aromatic carbocycles. The Labute approximate surface area is 209 Å². The van der Waals surface area contributed by atoms with E-state index in [9.17, 15) is 17.9 Å². The van der Waals surface area contributed by atoms with Gasteiger partial charge in [0.2, 0.25) is 0 Å². The van der Waals surface area contributed by atoms with Crippen molar-refractivity contribution < 1.29 is 17.9 Å². The molecular weight excluding hydrogens is 552 g/mol. The largest absolute Gasteiger partial charge is 0.383 e. The van der Waals surface area contributed by atoms with Gasteiger partial charge in [-0.3, -0.25) is 4.72 Å². The first kappa shape index (κ1) is 24.0. The molecule has 0 saturated carbocycles. The topological polar surface area (TPSA) is 66.4 Å². The van der Waals surface area contributed by atoms with Gasteiger partial charge in [0.25, 0.3) is 10.0 Å². The molecule has 1 unspecified atom stereocenters. The molecule has 0 saturated heterocycles. The molecule has 4 rings (SSSR count). The molecule has 4 aromatic rings. The predicted octanol–water partition coefficient (Wildman–Crippen LogP) is 7.24. The second-order valence-corrected chi connectivity index (χ2v) is 10.8. The van der Waals surface area contributed by atoms with Crippen LogP contribution >= 0.6 is 39.1 Å². The molecule has 0 aliphatic heterocycles. The molecule has 4 nitrogen and oxygen atoms in total. The molecule has 33 heavy (non-hydrogen) atoms. The maximum Gasteiger partial charge on any atom is 0.261 e. The number of aryl methyl sites for hydroxylation is 1. The van der Waals surface area contributed by atoms with Gasteiger partial charge in [-0.15, -0.1) is 0 Å². The summed E-state index contributed by atoms with van der Waals surface area (Å²) in [5, 5.41) is 13.2. The maximum absolute atomic E-state index is 13.9. The van der Waals surface area contributed by atoms with Crippen molar-refractivity contribution in [3.63, 3.8) is 0 Å². The summed E-state index contributed by atoms with van der Waals surface area (Å²) in [6, 6.07) is 16.6. The molecule has 0 aromatic heterocycles. The van der Waals surface area contributed by atoms with Crippen LogP contribution in [0.4, 0.5) is 10.1 Å². The fourth-order valence-corrected chi connectivity index (χ4v) is 5.77. The van der Waals surface area contributed by atoms with Crippen molar-refractivity contribution in [1.29, 1.82) is 0 Å². The van der Waals surface area contributed by atoms with Crippen molar-refractivity contribution in [2.24, 2.45) is 0 Å². The van der Waals surface area contributed by atoms with Gasteiger partial charge < -0.3 is 5.11 Å². The van der Waals surface area contributed by atoms with E-state index in [0.717, 1.165) is 11.6 Å². The number of hydrogen-bond donors (Lipinski definition) is 2. The van der Waals surface area contributed by atoms with E-state index in [4.69, 9.17) is 23.2 Å². The maximum atomic E-state index is 13.9. The van der Waals surface area contributed by atoms with Crippen LogP contribution in [0.1, 0.15) is 22.8 Å². The molecule has 0 bridgehead atoms. The lowest BCUT2D eigenvalue weighted by atomic mass is 9.96. The van der Waals surface area contributed by atoms with Gasteiger partial charge in [-0.05, 0) is 82.2 Å². The van der Waals surface area contributed by atoms with Crippen LogP contribution in [0.25, 0.3) is 10.8 Å². The van der Waals surface area contributed by atoms with E-state index in [1.165, 1.54) is 24.3 Å². The zero-order chi connectivity index (χ0) is 23.9. The van der Waals surface area contributed by atoms with E-state index >= 15 is 0 Å². The first-order valence-corrected chi connectivity index (χ1v) is 12.7. The Kier molecular flexibility index (Phi) is 6.71. The molecule has 0 fully saturated rings. The van der Waals surface area contributed by atoms with Gasteiger partial charge in [-0.25, -0.2) is 12.8 Å². The molecule has 0 amide bonds. The van der Waals surface area contributed by atoms with E-state index in [2.05, 4.69) is 20.7 Å². The third-order valence-electron chi connectivity index (χ3n) is 5.18. The fourth-order valence-electron chi connectivity index (χ4n) is 3.50. The van der Waals surface area contributed by atoms with Crippen LogP contribution in [0.3, 0.4) is 0 Å². The van der Waals surface area contributed by atoms with Gasteiger partial charge in [-0.2, -0.15) is 0 Å². The van der Waals surface area contributed by atoms with Gasteiger partial charge in [0, 0.05) is 25.6 Å². The van der Waals surface area contributed by atoms with E-state index in [1.54, 1.807) is 36.4 Å². The normalized spacial score (nSPS) is 12.7. The first-order chi connectivity index (χ1) is 15.6. The molecule has 0 spiro atoms. The van der Waals surface area contributed by atoms with Crippen LogP contribution in [0, 0.1) is 12.7 Å². The lowest BCUT2D eigenvalue weighted by Gasteiger charge is -2.21. The summed E-state index contributed by atoms with van der Waals surface area (Å²) in [4.78, 5) is 0.0552. The highest BCUT2D eigenvalue weighted by Gasteiger charge is 2.26. The number of halogens is 4. The fraction of sp³-hybridized carbons (Fsp3) is 0.0833. The minimum atomic E-state index is -4.00. The lowest BCUT2D eigenvalue weighted by molar-refractivity contribution is 0.220. The van der Waals surface area contributed by atoms with Crippen LogP contribution in [0.2, 0.25) is 10.0 Å². The summed E-state index contributed by atoms with van der Waals surface area (Å²) >= 11 is 15.9. The number of aliphatic hydroxyl groups excluding tert-OH is 1. The minimum absolute atomic E-state index is 0.0552. The number of hydrogen-bond acceptors (Lipinski definition) is 3. The second kappa shape index (κ2) is 9.24. The van der Waals surface area contributed by atoms with Crippen molar-refractivity contribution in [2.45, 2.75) is 17.9 Å². The lowest BCUT2D eigenvalue weighted by Crippen LogP contribution is -2.16. The highest BCUT2D eigenvalue weighted by molar-refractivity contribution is 9.10. The average Bonchev–Trinajstić information content (AvgIpc) is 2.75. The van der Waals surface area contributed by atoms with Crippen LogP contribution in [-0.2, 0) is 10.0 Å². The zero-order valence-corrected chi connectivity index (χ0v) is 21.0. The number of nitrogens with one attached hydrogen (secondary N) is 1. The smallest absolute Gasteiger partial charge is 0.261 e. The van der Waals surface area contributed by atoms with Crippen molar-refractivity contribution in [3.05, 3.63) is 104 Å². The number of sulfonamides is 1. The van der Waals surface area contributed by atoms with Crippen molar-refractivity contribution in [3.8, 4) is 0 Å². The third-order valence-corrected chi connectivity index (χ3v) is 7.99. The zero-order valence-electron chi connectivity index (χ0n) is 17.1. The number of benzene rings is 4. The van der Waals surface area contributed by atoms with Crippen molar-refractivity contribution >= 4 is 65.6 Å². The van der Waals surface area contributed by atoms with Crippen LogP contribution in [0.15, 0.2) is 76.1 Å². The van der Waals surface area contributed by atoms with Gasteiger partial charge in [0.15, 0.2) is 0 Å². The van der Waals surface area contributed by atoms with Crippen LogP contribution < -0.4 is 4.72 Å². The first-order valence-electron chi connectivity index (χ1n) is 9.71. The van der Waals surface area contributed by atoms with Gasteiger partial charge >= 0.3 is 0 Å². The van der Waals surface area contributed by atoms with E-state index in [-0.39, 0.29) is 26.7 Å². The Balaban J connectivity index is 1.93. The van der Waals surface area contributed by atoms with Crippen LogP contribution in [-0.4, -0.2) is 13.5 Å². The van der Waals surface area contributed by atoms with E-state index < -0.39 is 21.9 Å². The highest BCUT2D eigenvalue weighted by Crippen LogP contribution is 2.42. The molecule has 9 heteroatoms. The van der Waals surface area contributed by atoms with Gasteiger partial charge in [0.1, 0.15) is 11.9 Å². The van der Waals surface area contributed by atoms with E-state index in [1.807, 2.05) is 6.92 Å². The second-order valence-electron chi connectivity index (χ2n) is 7.50. The number of anilines is 1. The average molecular weight is 569 g/mol. The Morgan fingerprint density at radius 2 is 1.70 bits per heavy atom. The van der Waals surface area contributed by atoms with Crippen molar-refractivity contribution in [2.75, 3.05) is 4.72 Å². The summed E-state index contributed by atoms with van der Waals surface area (Å²) in [6.45, 7) is 1.85. The third kappa shape index (κ3) is 4.88. The van der Waals surface area contributed by atoms with Gasteiger partial charge in [-0.1, -0.05) is 47.0 Å². The summed E-state index contributed by atoms with van der Waals surface area (Å²) in [7, 11) is -4.00.